The Morgan fingerprint density at radius 1 is 0.526 bits per heavy atom. The molecule has 0 bridgehead atoms. The first-order valence-electron chi connectivity index (χ1n) is 12.4. The standard InChI is InChI=1S/C30H24N8/c31-38-29(23-13-9-21(10-14-23)17-36-19-32-25-5-1-3-7-27(25)36)34-35-30(38)24-15-11-22(12-16-24)18-37-20-33-26-6-2-4-8-28(26)37/h1-16,19-20H,17-18,31H2. The Balaban J connectivity index is 1.09. The Hall–Kier alpha value is -5.24. The molecule has 8 heteroatoms. The smallest absolute Gasteiger partial charge is 0.182 e. The van der Waals surface area contributed by atoms with E-state index in [-0.39, 0.29) is 0 Å². The first kappa shape index (κ1) is 22.0. The quantitative estimate of drug-likeness (QED) is 0.323. The van der Waals surface area contributed by atoms with E-state index < -0.39 is 0 Å². The minimum Gasteiger partial charge on any atom is -0.336 e. The fourth-order valence-corrected chi connectivity index (χ4v) is 4.87. The Morgan fingerprint density at radius 2 is 0.947 bits per heavy atom. The number of nitrogens with zero attached hydrogens (tertiary/aromatic N) is 7. The van der Waals surface area contributed by atoms with Crippen LogP contribution in [0.15, 0.2) is 110 Å². The maximum absolute atomic E-state index is 6.45. The molecule has 7 rings (SSSR count). The van der Waals surface area contributed by atoms with Crippen LogP contribution in [0.2, 0.25) is 0 Å². The maximum Gasteiger partial charge on any atom is 0.182 e. The zero-order valence-electron chi connectivity index (χ0n) is 20.5. The van der Waals surface area contributed by atoms with Crippen LogP contribution < -0.4 is 5.84 Å². The molecule has 2 N–H and O–H groups in total. The van der Waals surface area contributed by atoms with Gasteiger partial charge >= 0.3 is 0 Å². The maximum atomic E-state index is 6.45. The van der Waals surface area contributed by atoms with E-state index in [1.165, 1.54) is 11.1 Å². The largest absolute Gasteiger partial charge is 0.336 e. The molecule has 0 unspecified atom stereocenters. The number of fused-ring (bicyclic) bond motifs is 2. The lowest BCUT2D eigenvalue weighted by molar-refractivity contribution is 0.824. The highest BCUT2D eigenvalue weighted by Crippen LogP contribution is 2.24. The van der Waals surface area contributed by atoms with Crippen molar-refractivity contribution in [3.05, 3.63) is 121 Å². The van der Waals surface area contributed by atoms with E-state index >= 15 is 0 Å². The molecule has 0 spiro atoms. The van der Waals surface area contributed by atoms with E-state index in [1.807, 2.05) is 73.3 Å². The van der Waals surface area contributed by atoms with Crippen molar-refractivity contribution in [2.45, 2.75) is 13.1 Å². The molecule has 8 nitrogen and oxygen atoms in total. The first-order valence-corrected chi connectivity index (χ1v) is 12.4. The molecule has 3 aromatic heterocycles. The lowest BCUT2D eigenvalue weighted by Crippen LogP contribution is -2.12. The van der Waals surface area contributed by atoms with Gasteiger partial charge in [-0.2, -0.15) is 0 Å². The normalized spacial score (nSPS) is 11.5. The van der Waals surface area contributed by atoms with Gasteiger partial charge in [0.05, 0.1) is 34.7 Å². The van der Waals surface area contributed by atoms with Crippen LogP contribution >= 0.6 is 0 Å². The summed E-state index contributed by atoms with van der Waals surface area (Å²) >= 11 is 0. The molecule has 0 aliphatic rings. The predicted octanol–water partition coefficient (Wildman–Crippen LogP) is 5.12. The summed E-state index contributed by atoms with van der Waals surface area (Å²) in [7, 11) is 0. The number of imidazole rings is 2. The van der Waals surface area contributed by atoms with E-state index in [4.69, 9.17) is 5.84 Å². The second kappa shape index (κ2) is 9.01. The van der Waals surface area contributed by atoms with Crippen LogP contribution in [0.5, 0.6) is 0 Å². The number of hydrogen-bond donors (Lipinski definition) is 1. The van der Waals surface area contributed by atoms with Crippen LogP contribution in [0.4, 0.5) is 0 Å². The molecule has 0 fully saturated rings. The Morgan fingerprint density at radius 3 is 1.39 bits per heavy atom. The lowest BCUT2D eigenvalue weighted by Gasteiger charge is -2.08. The van der Waals surface area contributed by atoms with Gasteiger partial charge < -0.3 is 15.0 Å². The molecule has 0 amide bonds. The molecule has 0 atom stereocenters. The summed E-state index contributed by atoms with van der Waals surface area (Å²) in [5, 5.41) is 8.77. The van der Waals surface area contributed by atoms with Crippen LogP contribution in [-0.4, -0.2) is 34.0 Å². The van der Waals surface area contributed by atoms with Crippen molar-refractivity contribution in [3.63, 3.8) is 0 Å². The third-order valence-electron chi connectivity index (χ3n) is 6.88. The van der Waals surface area contributed by atoms with Crippen molar-refractivity contribution in [2.24, 2.45) is 0 Å². The highest BCUT2D eigenvalue weighted by Gasteiger charge is 2.14. The van der Waals surface area contributed by atoms with Crippen molar-refractivity contribution < 1.29 is 0 Å². The third kappa shape index (κ3) is 3.88. The summed E-state index contributed by atoms with van der Waals surface area (Å²) in [6.45, 7) is 1.48. The predicted molar refractivity (Wildman–Crippen MR) is 149 cm³/mol. The van der Waals surface area contributed by atoms with Gasteiger partial charge in [0.2, 0.25) is 0 Å². The van der Waals surface area contributed by atoms with Gasteiger partial charge in [-0.05, 0) is 35.4 Å². The van der Waals surface area contributed by atoms with Gasteiger partial charge in [-0.1, -0.05) is 72.8 Å². The van der Waals surface area contributed by atoms with Gasteiger partial charge in [0.25, 0.3) is 0 Å². The molecule has 0 aliphatic carbocycles. The number of nitrogen functional groups attached to an aromatic ring is 1. The topological polar surface area (TPSA) is 92.4 Å². The SMILES string of the molecule is Nn1c(-c2ccc(Cn3cnc4ccccc43)cc2)nnc1-c1ccc(Cn2cnc3ccccc32)cc1. The van der Waals surface area contributed by atoms with Crippen molar-refractivity contribution in [2.75, 3.05) is 5.84 Å². The van der Waals surface area contributed by atoms with Crippen LogP contribution in [-0.2, 0) is 13.1 Å². The number of para-hydroxylation sites is 4. The minimum atomic E-state index is 0.619. The fourth-order valence-electron chi connectivity index (χ4n) is 4.87. The van der Waals surface area contributed by atoms with Gasteiger partial charge in [0.15, 0.2) is 11.6 Å². The number of nitrogens with two attached hydrogens (primary N) is 1. The van der Waals surface area contributed by atoms with Crippen molar-refractivity contribution in [1.29, 1.82) is 0 Å². The van der Waals surface area contributed by atoms with Gasteiger partial charge in [-0.25, -0.2) is 14.6 Å². The van der Waals surface area contributed by atoms with Crippen LogP contribution in [0.1, 0.15) is 11.1 Å². The summed E-state index contributed by atoms with van der Waals surface area (Å²) in [4.78, 5) is 8.96. The summed E-state index contributed by atoms with van der Waals surface area (Å²) in [5.74, 6) is 7.69. The minimum absolute atomic E-state index is 0.619. The zero-order valence-corrected chi connectivity index (χ0v) is 20.5. The molecule has 7 aromatic rings. The van der Waals surface area contributed by atoms with Crippen molar-refractivity contribution in [1.82, 2.24) is 34.0 Å². The zero-order chi connectivity index (χ0) is 25.5. The molecule has 0 radical (unpaired) electrons. The Kier molecular flexibility index (Phi) is 5.21. The molecule has 0 saturated heterocycles. The van der Waals surface area contributed by atoms with E-state index in [2.05, 4.69) is 65.7 Å². The van der Waals surface area contributed by atoms with E-state index in [1.54, 1.807) is 4.68 Å². The summed E-state index contributed by atoms with van der Waals surface area (Å²) < 4.78 is 5.84. The van der Waals surface area contributed by atoms with Crippen LogP contribution in [0.3, 0.4) is 0 Å². The summed E-state index contributed by atoms with van der Waals surface area (Å²) in [5.41, 5.74) is 8.39. The molecule has 0 aliphatic heterocycles. The third-order valence-corrected chi connectivity index (χ3v) is 6.88. The summed E-state index contributed by atoms with van der Waals surface area (Å²) in [6, 6.07) is 32.8. The summed E-state index contributed by atoms with van der Waals surface area (Å²) in [6.07, 6.45) is 3.76. The van der Waals surface area contributed by atoms with E-state index in [0.29, 0.717) is 11.6 Å². The Bertz CT molecular complexity index is 1740. The van der Waals surface area contributed by atoms with Gasteiger partial charge in [0.1, 0.15) is 0 Å². The van der Waals surface area contributed by atoms with E-state index in [9.17, 15) is 0 Å². The molecule has 3 heterocycles. The van der Waals surface area contributed by atoms with Crippen molar-refractivity contribution >= 4 is 22.1 Å². The molecule has 184 valence electrons. The van der Waals surface area contributed by atoms with Gasteiger partial charge in [-0.15, -0.1) is 10.2 Å². The highest BCUT2D eigenvalue weighted by molar-refractivity contribution is 5.76. The highest BCUT2D eigenvalue weighted by atomic mass is 15.4. The number of aromatic nitrogens is 7. The fraction of sp³-hybridized carbons (Fsp3) is 0.0667. The lowest BCUT2D eigenvalue weighted by atomic mass is 10.1. The monoisotopic (exact) mass is 496 g/mol. The molecule has 0 saturated carbocycles. The molecule has 4 aromatic carbocycles. The van der Waals surface area contributed by atoms with Crippen molar-refractivity contribution in [3.8, 4) is 22.8 Å². The number of benzene rings is 4. The number of rotatable bonds is 6. The van der Waals surface area contributed by atoms with Gasteiger partial charge in [0, 0.05) is 24.2 Å². The second-order valence-electron chi connectivity index (χ2n) is 9.33. The molecular weight excluding hydrogens is 472 g/mol. The average molecular weight is 497 g/mol. The van der Waals surface area contributed by atoms with E-state index in [0.717, 1.165) is 46.3 Å². The average Bonchev–Trinajstić information content (AvgIpc) is 3.67. The second-order valence-corrected chi connectivity index (χ2v) is 9.33. The molecule has 38 heavy (non-hydrogen) atoms. The van der Waals surface area contributed by atoms with Gasteiger partial charge in [-0.3, -0.25) is 0 Å². The number of hydrogen-bond acceptors (Lipinski definition) is 5. The van der Waals surface area contributed by atoms with Crippen LogP contribution in [0, 0.1) is 0 Å². The molecular formula is C30H24N8. The first-order chi connectivity index (χ1) is 18.7. The Labute approximate surface area is 218 Å². The van der Waals surface area contributed by atoms with Crippen LogP contribution in [0.25, 0.3) is 44.8 Å².